The van der Waals surface area contributed by atoms with Crippen molar-refractivity contribution in [2.24, 2.45) is 0 Å². The highest BCUT2D eigenvalue weighted by Crippen LogP contribution is 2.31. The van der Waals surface area contributed by atoms with E-state index in [-0.39, 0.29) is 23.4 Å². The van der Waals surface area contributed by atoms with Gasteiger partial charge >= 0.3 is 0 Å². The number of aryl methyl sites for hydroxylation is 1. The van der Waals surface area contributed by atoms with Crippen LogP contribution in [0.3, 0.4) is 0 Å². The van der Waals surface area contributed by atoms with Crippen molar-refractivity contribution < 1.29 is 27.5 Å². The molecule has 2 amide bonds. The molecule has 220 valence electrons. The van der Waals surface area contributed by atoms with E-state index >= 15 is 0 Å². The Morgan fingerprint density at radius 1 is 0.927 bits per heavy atom. The molecular weight excluding hydrogens is 610 g/mol. The number of halogens is 1. The maximum atomic E-state index is 14.0. The highest BCUT2D eigenvalue weighted by Gasteiger charge is 2.33. The second-order valence-electron chi connectivity index (χ2n) is 9.85. The smallest absolute Gasteiger partial charge is 0.264 e. The molecule has 0 aromatic heterocycles. The molecule has 0 saturated carbocycles. The van der Waals surface area contributed by atoms with Gasteiger partial charge in [-0.25, -0.2) is 8.42 Å². The lowest BCUT2D eigenvalue weighted by Crippen LogP contribution is -2.52. The van der Waals surface area contributed by atoms with Gasteiger partial charge in [0.05, 0.1) is 29.3 Å². The molecule has 0 radical (unpaired) electrons. The molecule has 0 heterocycles. The topological polar surface area (TPSA) is 105 Å². The van der Waals surface area contributed by atoms with Crippen LogP contribution in [0.4, 0.5) is 5.69 Å². The van der Waals surface area contributed by atoms with E-state index in [1.807, 2.05) is 20.8 Å². The molecule has 9 nitrogen and oxygen atoms in total. The first-order valence-corrected chi connectivity index (χ1v) is 15.3. The molecule has 0 aliphatic heterocycles. The zero-order chi connectivity index (χ0) is 30.3. The number of anilines is 1. The van der Waals surface area contributed by atoms with Crippen LogP contribution in [0.5, 0.6) is 11.5 Å². The van der Waals surface area contributed by atoms with E-state index in [0.29, 0.717) is 21.7 Å². The van der Waals surface area contributed by atoms with Gasteiger partial charge in [0.25, 0.3) is 10.0 Å². The fourth-order valence-corrected chi connectivity index (χ4v) is 6.22. The van der Waals surface area contributed by atoms with Gasteiger partial charge in [-0.3, -0.25) is 13.9 Å². The SMILES string of the molecule is COc1ccc(CN(C(=O)CN(c2ccc(C)cc2)S(=O)(=O)c2ccc(OC)c(Br)c2)[C@H](C)C(=O)NC(C)C)cc1. The van der Waals surface area contributed by atoms with E-state index in [1.165, 1.54) is 24.1 Å². The lowest BCUT2D eigenvalue weighted by Gasteiger charge is -2.32. The van der Waals surface area contributed by atoms with Crippen LogP contribution < -0.4 is 19.1 Å². The third kappa shape index (κ3) is 8.01. The van der Waals surface area contributed by atoms with Crippen molar-refractivity contribution in [1.29, 1.82) is 0 Å². The van der Waals surface area contributed by atoms with Gasteiger partial charge in [0.15, 0.2) is 0 Å². The normalized spacial score (nSPS) is 12.0. The lowest BCUT2D eigenvalue weighted by molar-refractivity contribution is -0.139. The Bertz CT molecular complexity index is 1460. The number of benzene rings is 3. The van der Waals surface area contributed by atoms with Gasteiger partial charge in [-0.05, 0) is 91.7 Å². The number of amides is 2. The Hall–Kier alpha value is -3.57. The first kappa shape index (κ1) is 32.0. The summed E-state index contributed by atoms with van der Waals surface area (Å²) in [7, 11) is -1.16. The van der Waals surface area contributed by atoms with Crippen molar-refractivity contribution in [2.45, 2.75) is 51.2 Å². The number of carbonyl (C=O) groups is 2. The minimum Gasteiger partial charge on any atom is -0.497 e. The molecule has 41 heavy (non-hydrogen) atoms. The van der Waals surface area contributed by atoms with E-state index in [9.17, 15) is 18.0 Å². The van der Waals surface area contributed by atoms with Gasteiger partial charge in [0.1, 0.15) is 24.1 Å². The first-order valence-electron chi connectivity index (χ1n) is 13.0. The van der Waals surface area contributed by atoms with Gasteiger partial charge in [0.2, 0.25) is 11.8 Å². The number of methoxy groups -OCH3 is 2. The predicted molar refractivity (Wildman–Crippen MR) is 163 cm³/mol. The quantitative estimate of drug-likeness (QED) is 0.300. The number of hydrogen-bond donors (Lipinski definition) is 1. The zero-order valence-corrected chi connectivity index (χ0v) is 26.5. The Morgan fingerprint density at radius 2 is 1.56 bits per heavy atom. The fraction of sp³-hybridized carbons (Fsp3) is 0.333. The van der Waals surface area contributed by atoms with Crippen LogP contribution in [0.25, 0.3) is 0 Å². The molecule has 1 atom stereocenters. The van der Waals surface area contributed by atoms with Gasteiger partial charge < -0.3 is 19.7 Å². The van der Waals surface area contributed by atoms with Crippen molar-refractivity contribution in [1.82, 2.24) is 10.2 Å². The molecule has 3 aromatic carbocycles. The molecule has 11 heteroatoms. The van der Waals surface area contributed by atoms with Crippen molar-refractivity contribution in [3.8, 4) is 11.5 Å². The summed E-state index contributed by atoms with van der Waals surface area (Å²) in [6.07, 6.45) is 0. The summed E-state index contributed by atoms with van der Waals surface area (Å²) in [6, 6.07) is 17.4. The van der Waals surface area contributed by atoms with Crippen molar-refractivity contribution >= 4 is 43.5 Å². The molecule has 0 unspecified atom stereocenters. The van der Waals surface area contributed by atoms with Crippen molar-refractivity contribution in [2.75, 3.05) is 25.1 Å². The van der Waals surface area contributed by atoms with Crippen LogP contribution >= 0.6 is 15.9 Å². The van der Waals surface area contributed by atoms with E-state index in [2.05, 4.69) is 21.2 Å². The Labute approximate surface area is 250 Å². The first-order chi connectivity index (χ1) is 19.4. The summed E-state index contributed by atoms with van der Waals surface area (Å²) in [5, 5.41) is 2.84. The molecular formula is C30H36BrN3O6S. The van der Waals surface area contributed by atoms with Gasteiger partial charge in [-0.2, -0.15) is 0 Å². The minimum absolute atomic E-state index is 0.0224. The van der Waals surface area contributed by atoms with Gasteiger partial charge in [0, 0.05) is 12.6 Å². The highest BCUT2D eigenvalue weighted by atomic mass is 79.9. The fourth-order valence-electron chi connectivity index (χ4n) is 4.09. The number of nitrogens with one attached hydrogen (secondary N) is 1. The molecule has 3 rings (SSSR count). The second-order valence-corrected chi connectivity index (χ2v) is 12.6. The summed E-state index contributed by atoms with van der Waals surface area (Å²) < 4.78 is 40.0. The Kier molecular flexibility index (Phi) is 10.8. The summed E-state index contributed by atoms with van der Waals surface area (Å²) in [5.41, 5.74) is 2.01. The molecule has 0 fully saturated rings. The highest BCUT2D eigenvalue weighted by molar-refractivity contribution is 9.10. The molecule has 0 aliphatic rings. The van der Waals surface area contributed by atoms with Crippen LogP contribution in [0, 0.1) is 6.92 Å². The molecule has 0 aliphatic carbocycles. The number of carbonyl (C=O) groups excluding carboxylic acids is 2. The number of rotatable bonds is 12. The maximum absolute atomic E-state index is 14.0. The monoisotopic (exact) mass is 645 g/mol. The van der Waals surface area contributed by atoms with Crippen molar-refractivity contribution in [3.63, 3.8) is 0 Å². The molecule has 0 bridgehead atoms. The maximum Gasteiger partial charge on any atom is 0.264 e. The third-order valence-electron chi connectivity index (χ3n) is 6.42. The van der Waals surface area contributed by atoms with Crippen molar-refractivity contribution in [3.05, 3.63) is 82.3 Å². The molecule has 0 spiro atoms. The second kappa shape index (κ2) is 13.9. The lowest BCUT2D eigenvalue weighted by atomic mass is 10.1. The summed E-state index contributed by atoms with van der Waals surface area (Å²) in [5.74, 6) is 0.242. The van der Waals surface area contributed by atoms with Crippen LogP contribution in [-0.2, 0) is 26.2 Å². The van der Waals surface area contributed by atoms with E-state index < -0.39 is 28.5 Å². The average Bonchev–Trinajstić information content (AvgIpc) is 2.94. The Balaban J connectivity index is 2.04. The van der Waals surface area contributed by atoms with E-state index in [0.717, 1.165) is 15.4 Å². The minimum atomic E-state index is -4.21. The number of ether oxygens (including phenoxy) is 2. The molecule has 0 saturated heterocycles. The molecule has 3 aromatic rings. The number of sulfonamides is 1. The number of nitrogens with zero attached hydrogens (tertiary/aromatic N) is 2. The average molecular weight is 647 g/mol. The van der Waals surface area contributed by atoms with Crippen LogP contribution in [-0.4, -0.2) is 58.0 Å². The van der Waals surface area contributed by atoms with Gasteiger partial charge in [-0.1, -0.05) is 29.8 Å². The summed E-state index contributed by atoms with van der Waals surface area (Å²) in [4.78, 5) is 28.4. The van der Waals surface area contributed by atoms with E-state index in [4.69, 9.17) is 9.47 Å². The van der Waals surface area contributed by atoms with E-state index in [1.54, 1.807) is 68.6 Å². The van der Waals surface area contributed by atoms with Crippen LogP contribution in [0.1, 0.15) is 31.9 Å². The number of hydrogen-bond acceptors (Lipinski definition) is 6. The molecule has 1 N–H and O–H groups in total. The third-order valence-corrected chi connectivity index (χ3v) is 8.81. The summed E-state index contributed by atoms with van der Waals surface area (Å²) in [6.45, 7) is 6.75. The largest absolute Gasteiger partial charge is 0.497 e. The Morgan fingerprint density at radius 3 is 2.10 bits per heavy atom. The van der Waals surface area contributed by atoms with Crippen LogP contribution in [0.2, 0.25) is 0 Å². The zero-order valence-electron chi connectivity index (χ0n) is 24.0. The summed E-state index contributed by atoms with van der Waals surface area (Å²) >= 11 is 3.35. The van der Waals surface area contributed by atoms with Gasteiger partial charge in [-0.15, -0.1) is 0 Å². The van der Waals surface area contributed by atoms with Crippen LogP contribution in [0.15, 0.2) is 76.1 Å². The predicted octanol–water partition coefficient (Wildman–Crippen LogP) is 4.91. The standard InChI is InChI=1S/C30H36BrN3O6S/c1-20(2)32-30(36)22(4)33(18-23-9-13-25(39-5)14-10-23)29(35)19-34(24-11-7-21(3)8-12-24)41(37,38)26-15-16-28(40-6)27(31)17-26/h7-17,20,22H,18-19H2,1-6H3,(H,32,36)/t22-/m1/s1.